The van der Waals surface area contributed by atoms with Crippen LogP contribution in [-0.4, -0.2) is 20.0 Å². The predicted octanol–water partition coefficient (Wildman–Crippen LogP) is -0.928. The summed E-state index contributed by atoms with van der Waals surface area (Å²) in [5, 5.41) is 21.4. The molecule has 1 rings (SSSR count). The van der Waals surface area contributed by atoms with E-state index in [4.69, 9.17) is 10.2 Å². The molecule has 5 heteroatoms. The van der Waals surface area contributed by atoms with Gasteiger partial charge in [-0.25, -0.2) is 0 Å². The molecule has 0 amide bonds. The molecule has 12 heavy (non-hydrogen) atoms. The third-order valence-corrected chi connectivity index (χ3v) is 1.75. The van der Waals surface area contributed by atoms with Gasteiger partial charge in [-0.1, -0.05) is 0 Å². The normalized spacial score (nSPS) is 10.8. The molecule has 0 spiro atoms. The molecular formula is C7H10N2O3. The van der Waals surface area contributed by atoms with E-state index in [0.29, 0.717) is 5.69 Å². The number of rotatable bonds is 1. The minimum absolute atomic E-state index is 0.0208. The number of hydrogen-bond donors (Lipinski definition) is 2. The van der Waals surface area contributed by atoms with Crippen molar-refractivity contribution in [2.45, 2.75) is 13.2 Å². The van der Waals surface area contributed by atoms with Crippen LogP contribution in [0.1, 0.15) is 17.5 Å². The number of aryl methyl sites for hydroxylation is 1. The largest absolute Gasteiger partial charge is 0.364 e. The molecule has 0 saturated heterocycles. The maximum Gasteiger partial charge on any atom is 0.208 e. The monoisotopic (exact) mass is 170 g/mol. The molecule has 0 bridgehead atoms. The van der Waals surface area contributed by atoms with Gasteiger partial charge < -0.3 is 10.2 Å². The molecule has 0 radical (unpaired) electrons. The smallest absolute Gasteiger partial charge is 0.208 e. The maximum absolute atomic E-state index is 11.0. The Balaban J connectivity index is 3.43. The summed E-state index contributed by atoms with van der Waals surface area (Å²) >= 11 is 0. The fourth-order valence-corrected chi connectivity index (χ4v) is 0.962. The van der Waals surface area contributed by atoms with Gasteiger partial charge in [0.15, 0.2) is 6.29 Å². The van der Waals surface area contributed by atoms with Crippen molar-refractivity contribution in [3.63, 3.8) is 0 Å². The highest BCUT2D eigenvalue weighted by Gasteiger charge is 2.12. The molecule has 0 saturated carbocycles. The van der Waals surface area contributed by atoms with E-state index < -0.39 is 11.7 Å². The number of aliphatic hydroxyl groups is 2. The summed E-state index contributed by atoms with van der Waals surface area (Å²) in [4.78, 5) is 11.0. The molecule has 0 aliphatic rings. The standard InChI is InChI=1S/C7H10N2O3/c1-4-6(7(11)12)5(10)3-8-9(4)2/h3,7,11-12H,1-2H3. The van der Waals surface area contributed by atoms with Crippen LogP contribution in [0.4, 0.5) is 0 Å². The number of nitrogens with zero attached hydrogens (tertiary/aromatic N) is 2. The Bertz CT molecular complexity index is 343. The van der Waals surface area contributed by atoms with Crippen LogP contribution in [0.25, 0.3) is 0 Å². The van der Waals surface area contributed by atoms with Gasteiger partial charge in [0.2, 0.25) is 5.43 Å². The zero-order chi connectivity index (χ0) is 9.30. The molecule has 0 atom stereocenters. The molecule has 0 fully saturated rings. The molecule has 0 unspecified atom stereocenters. The molecule has 1 aromatic rings. The molecule has 1 aromatic heterocycles. The lowest BCUT2D eigenvalue weighted by Crippen LogP contribution is -2.20. The lowest BCUT2D eigenvalue weighted by Gasteiger charge is -2.09. The molecule has 0 aromatic carbocycles. The number of hydrogen-bond acceptors (Lipinski definition) is 4. The van der Waals surface area contributed by atoms with E-state index in [1.165, 1.54) is 4.68 Å². The van der Waals surface area contributed by atoms with Crippen molar-refractivity contribution in [2.24, 2.45) is 7.05 Å². The van der Waals surface area contributed by atoms with Gasteiger partial charge in [-0.3, -0.25) is 9.48 Å². The summed E-state index contributed by atoms with van der Waals surface area (Å²) in [6.07, 6.45) is -0.673. The molecule has 0 aliphatic heterocycles. The van der Waals surface area contributed by atoms with Crippen LogP contribution in [-0.2, 0) is 7.05 Å². The zero-order valence-electron chi connectivity index (χ0n) is 6.85. The first-order valence-electron chi connectivity index (χ1n) is 3.43. The quantitative estimate of drug-likeness (QED) is 0.534. The molecule has 66 valence electrons. The first-order valence-corrected chi connectivity index (χ1v) is 3.43. The third-order valence-electron chi connectivity index (χ3n) is 1.75. The van der Waals surface area contributed by atoms with Crippen LogP contribution in [0.3, 0.4) is 0 Å². The number of aromatic nitrogens is 2. The van der Waals surface area contributed by atoms with Gasteiger partial charge >= 0.3 is 0 Å². The zero-order valence-corrected chi connectivity index (χ0v) is 6.85. The fourth-order valence-electron chi connectivity index (χ4n) is 0.962. The maximum atomic E-state index is 11.0. The topological polar surface area (TPSA) is 75.3 Å². The van der Waals surface area contributed by atoms with E-state index in [9.17, 15) is 4.79 Å². The summed E-state index contributed by atoms with van der Waals surface area (Å²) in [5.41, 5.74) is -0.0226. The van der Waals surface area contributed by atoms with Gasteiger partial charge in [-0.05, 0) is 6.92 Å². The van der Waals surface area contributed by atoms with Gasteiger partial charge in [0.1, 0.15) is 0 Å². The van der Waals surface area contributed by atoms with Crippen LogP contribution in [0.5, 0.6) is 0 Å². The van der Waals surface area contributed by atoms with Crippen molar-refractivity contribution in [1.82, 2.24) is 9.78 Å². The van der Waals surface area contributed by atoms with E-state index in [0.717, 1.165) is 6.20 Å². The second-order valence-electron chi connectivity index (χ2n) is 2.51. The first-order chi connectivity index (χ1) is 5.54. The summed E-state index contributed by atoms with van der Waals surface area (Å²) in [7, 11) is 1.63. The summed E-state index contributed by atoms with van der Waals surface area (Å²) in [6, 6.07) is 0. The lowest BCUT2D eigenvalue weighted by molar-refractivity contribution is -0.0443. The van der Waals surface area contributed by atoms with E-state index in [2.05, 4.69) is 5.10 Å². The summed E-state index contributed by atoms with van der Waals surface area (Å²) in [5.74, 6) is 0. The van der Waals surface area contributed by atoms with E-state index in [-0.39, 0.29) is 5.56 Å². The number of aliphatic hydroxyl groups excluding tert-OH is 1. The third kappa shape index (κ3) is 1.37. The van der Waals surface area contributed by atoms with Gasteiger partial charge in [-0.2, -0.15) is 5.10 Å². The van der Waals surface area contributed by atoms with Crippen molar-refractivity contribution < 1.29 is 10.2 Å². The molecule has 0 aliphatic carbocycles. The lowest BCUT2D eigenvalue weighted by atomic mass is 10.2. The van der Waals surface area contributed by atoms with Crippen molar-refractivity contribution in [3.05, 3.63) is 27.7 Å². The van der Waals surface area contributed by atoms with Crippen molar-refractivity contribution >= 4 is 0 Å². The van der Waals surface area contributed by atoms with E-state index >= 15 is 0 Å². The highest BCUT2D eigenvalue weighted by Crippen LogP contribution is 2.07. The van der Waals surface area contributed by atoms with Crippen LogP contribution in [0.2, 0.25) is 0 Å². The molecule has 1 heterocycles. The fraction of sp³-hybridized carbons (Fsp3) is 0.429. The van der Waals surface area contributed by atoms with Crippen molar-refractivity contribution in [2.75, 3.05) is 0 Å². The Morgan fingerprint density at radius 1 is 1.58 bits per heavy atom. The van der Waals surface area contributed by atoms with Gasteiger partial charge in [0, 0.05) is 12.7 Å². The minimum atomic E-state index is -1.73. The van der Waals surface area contributed by atoms with Crippen molar-refractivity contribution in [1.29, 1.82) is 0 Å². The Hall–Kier alpha value is -1.20. The highest BCUT2D eigenvalue weighted by atomic mass is 16.5. The Labute approximate surface area is 68.9 Å². The van der Waals surface area contributed by atoms with Gasteiger partial charge in [0.05, 0.1) is 11.8 Å². The van der Waals surface area contributed by atoms with Gasteiger partial charge in [0.25, 0.3) is 0 Å². The molecular weight excluding hydrogens is 160 g/mol. The highest BCUT2D eigenvalue weighted by molar-refractivity contribution is 5.17. The van der Waals surface area contributed by atoms with Crippen LogP contribution in [0.15, 0.2) is 11.0 Å². The average molecular weight is 170 g/mol. The summed E-state index contributed by atoms with van der Waals surface area (Å²) < 4.78 is 1.41. The second kappa shape index (κ2) is 3.04. The average Bonchev–Trinajstić information content (AvgIpc) is 1.97. The Morgan fingerprint density at radius 3 is 2.58 bits per heavy atom. The first kappa shape index (κ1) is 8.89. The minimum Gasteiger partial charge on any atom is -0.364 e. The van der Waals surface area contributed by atoms with E-state index in [1.54, 1.807) is 14.0 Å². The van der Waals surface area contributed by atoms with E-state index in [1.807, 2.05) is 0 Å². The van der Waals surface area contributed by atoms with Crippen LogP contribution in [0, 0.1) is 6.92 Å². The van der Waals surface area contributed by atoms with Crippen molar-refractivity contribution in [3.8, 4) is 0 Å². The summed E-state index contributed by atoms with van der Waals surface area (Å²) in [6.45, 7) is 1.60. The Morgan fingerprint density at radius 2 is 2.17 bits per heavy atom. The van der Waals surface area contributed by atoms with Crippen LogP contribution < -0.4 is 5.43 Å². The second-order valence-corrected chi connectivity index (χ2v) is 2.51. The SMILES string of the molecule is Cc1c(C(O)O)c(=O)cnn1C. The van der Waals surface area contributed by atoms with Crippen LogP contribution >= 0.6 is 0 Å². The molecule has 5 nitrogen and oxygen atoms in total. The molecule has 2 N–H and O–H groups in total. The predicted molar refractivity (Wildman–Crippen MR) is 41.4 cm³/mol. The van der Waals surface area contributed by atoms with Gasteiger partial charge in [-0.15, -0.1) is 0 Å². The Kier molecular flexibility index (Phi) is 2.25.